The maximum atomic E-state index is 9.04. The molecule has 1 heterocycles. The van der Waals surface area contributed by atoms with Crippen LogP contribution in [-0.4, -0.2) is 11.5 Å². The summed E-state index contributed by atoms with van der Waals surface area (Å²) in [7, 11) is 0. The maximum Gasteiger partial charge on any atom is 0.128 e. The molecule has 76 valence electrons. The molecule has 1 N–H and O–H groups in total. The minimum atomic E-state index is 0.399. The number of nitriles is 1. The molecule has 2 rings (SSSR count). The molecule has 3 heteroatoms. The molecular weight excluding hydrogens is 198 g/mol. The van der Waals surface area contributed by atoms with E-state index in [1.807, 2.05) is 24.3 Å². The third-order valence-corrected chi connectivity index (χ3v) is 2.21. The molecule has 0 amide bonds. The highest BCUT2D eigenvalue weighted by Crippen LogP contribution is 2.19. The molecule has 0 bridgehead atoms. The van der Waals surface area contributed by atoms with Crippen LogP contribution in [0.5, 0.6) is 0 Å². The second-order valence-electron chi connectivity index (χ2n) is 3.24. The Morgan fingerprint density at radius 3 is 2.94 bits per heavy atom. The Morgan fingerprint density at radius 2 is 2.19 bits per heavy atom. The number of fused-ring (bicyclic) bond motifs is 1. The fraction of sp³-hybridized carbons (Fsp3) is 0.0769. The summed E-state index contributed by atoms with van der Waals surface area (Å²) in [5.74, 6) is 3.10. The fourth-order valence-corrected chi connectivity index (χ4v) is 1.50. The van der Waals surface area contributed by atoms with Gasteiger partial charge in [-0.3, -0.25) is 0 Å². The predicted octanol–water partition coefficient (Wildman–Crippen LogP) is 2.15. The largest absolute Gasteiger partial charge is 0.359 e. The standard InChI is InChI=1S/C13H9N3/c1-2-7-15-13-8-10(9-14)11-5-3-4-6-12(11)16-13/h1,3-6,8H,7H2,(H,15,16). The van der Waals surface area contributed by atoms with Crippen LogP contribution in [0.15, 0.2) is 30.3 Å². The van der Waals surface area contributed by atoms with Gasteiger partial charge in [0, 0.05) is 5.39 Å². The Bertz CT molecular complexity index is 603. The number of benzene rings is 1. The van der Waals surface area contributed by atoms with Gasteiger partial charge in [0.05, 0.1) is 23.7 Å². The van der Waals surface area contributed by atoms with Crippen molar-refractivity contribution in [2.24, 2.45) is 0 Å². The van der Waals surface area contributed by atoms with Crippen molar-refractivity contribution in [3.8, 4) is 18.4 Å². The van der Waals surface area contributed by atoms with Crippen LogP contribution in [0.1, 0.15) is 5.56 Å². The molecule has 0 atom stereocenters. The molecule has 16 heavy (non-hydrogen) atoms. The molecule has 0 aliphatic heterocycles. The quantitative estimate of drug-likeness (QED) is 0.767. The summed E-state index contributed by atoms with van der Waals surface area (Å²) in [6.07, 6.45) is 5.15. The molecule has 2 aromatic rings. The van der Waals surface area contributed by atoms with Crippen LogP contribution in [0.3, 0.4) is 0 Å². The number of nitrogens with one attached hydrogen (secondary N) is 1. The summed E-state index contributed by atoms with van der Waals surface area (Å²) in [6.45, 7) is 0.399. The summed E-state index contributed by atoms with van der Waals surface area (Å²) >= 11 is 0. The van der Waals surface area contributed by atoms with Gasteiger partial charge >= 0.3 is 0 Å². The van der Waals surface area contributed by atoms with Crippen LogP contribution in [0, 0.1) is 23.7 Å². The molecule has 0 aliphatic carbocycles. The maximum absolute atomic E-state index is 9.04. The normalized spacial score (nSPS) is 9.38. The number of rotatable bonds is 2. The van der Waals surface area contributed by atoms with Gasteiger partial charge in [-0.1, -0.05) is 24.1 Å². The van der Waals surface area contributed by atoms with Crippen LogP contribution in [0.4, 0.5) is 5.82 Å². The van der Waals surface area contributed by atoms with Crippen molar-refractivity contribution >= 4 is 16.7 Å². The van der Waals surface area contributed by atoms with Crippen LogP contribution < -0.4 is 5.32 Å². The SMILES string of the molecule is C#CCNc1cc(C#N)c2ccccc2n1. The van der Waals surface area contributed by atoms with Crippen LogP contribution >= 0.6 is 0 Å². The second-order valence-corrected chi connectivity index (χ2v) is 3.24. The third kappa shape index (κ3) is 1.80. The van der Waals surface area contributed by atoms with E-state index in [2.05, 4.69) is 22.3 Å². The monoisotopic (exact) mass is 207 g/mol. The minimum absolute atomic E-state index is 0.399. The van der Waals surface area contributed by atoms with E-state index in [-0.39, 0.29) is 0 Å². The lowest BCUT2D eigenvalue weighted by atomic mass is 10.1. The molecule has 0 unspecified atom stereocenters. The first kappa shape index (κ1) is 10.0. The summed E-state index contributed by atoms with van der Waals surface area (Å²) < 4.78 is 0. The molecule has 0 saturated carbocycles. The molecule has 0 spiro atoms. The summed E-state index contributed by atoms with van der Waals surface area (Å²) in [5.41, 5.74) is 1.39. The van der Waals surface area contributed by atoms with Gasteiger partial charge in [-0.15, -0.1) is 6.42 Å². The van der Waals surface area contributed by atoms with E-state index in [0.717, 1.165) is 10.9 Å². The van der Waals surface area contributed by atoms with Gasteiger partial charge in [-0.25, -0.2) is 4.98 Å². The zero-order chi connectivity index (χ0) is 11.4. The number of nitrogens with zero attached hydrogens (tertiary/aromatic N) is 2. The highest BCUT2D eigenvalue weighted by Gasteiger charge is 2.03. The molecule has 1 aromatic carbocycles. The van der Waals surface area contributed by atoms with Gasteiger partial charge in [0.25, 0.3) is 0 Å². The zero-order valence-corrected chi connectivity index (χ0v) is 8.57. The Balaban J connectivity index is 2.56. The van der Waals surface area contributed by atoms with Crippen molar-refractivity contribution in [1.29, 1.82) is 5.26 Å². The molecule has 3 nitrogen and oxygen atoms in total. The Hall–Kier alpha value is -2.52. The predicted molar refractivity (Wildman–Crippen MR) is 63.8 cm³/mol. The zero-order valence-electron chi connectivity index (χ0n) is 8.57. The highest BCUT2D eigenvalue weighted by atomic mass is 15.0. The minimum Gasteiger partial charge on any atom is -0.359 e. The fourth-order valence-electron chi connectivity index (χ4n) is 1.50. The average Bonchev–Trinajstić information content (AvgIpc) is 2.35. The van der Waals surface area contributed by atoms with Crippen molar-refractivity contribution in [3.63, 3.8) is 0 Å². The van der Waals surface area contributed by atoms with E-state index < -0.39 is 0 Å². The number of hydrogen-bond donors (Lipinski definition) is 1. The lowest BCUT2D eigenvalue weighted by Gasteiger charge is -2.05. The first-order chi connectivity index (χ1) is 7.85. The van der Waals surface area contributed by atoms with Crippen LogP contribution in [-0.2, 0) is 0 Å². The van der Waals surface area contributed by atoms with Crippen molar-refractivity contribution < 1.29 is 0 Å². The number of aromatic nitrogens is 1. The Morgan fingerprint density at radius 1 is 1.38 bits per heavy atom. The van der Waals surface area contributed by atoms with E-state index in [1.165, 1.54) is 0 Å². The smallest absolute Gasteiger partial charge is 0.128 e. The molecule has 0 aliphatic rings. The van der Waals surface area contributed by atoms with Crippen molar-refractivity contribution in [3.05, 3.63) is 35.9 Å². The van der Waals surface area contributed by atoms with Gasteiger partial charge in [-0.2, -0.15) is 5.26 Å². The molecule has 1 aromatic heterocycles. The van der Waals surface area contributed by atoms with Crippen LogP contribution in [0.2, 0.25) is 0 Å². The number of terminal acetylenes is 1. The van der Waals surface area contributed by atoms with E-state index in [4.69, 9.17) is 11.7 Å². The first-order valence-electron chi connectivity index (χ1n) is 4.82. The molecular formula is C13H9N3. The van der Waals surface area contributed by atoms with Crippen molar-refractivity contribution in [2.75, 3.05) is 11.9 Å². The molecule has 0 saturated heterocycles. The average molecular weight is 207 g/mol. The topological polar surface area (TPSA) is 48.7 Å². The van der Waals surface area contributed by atoms with Gasteiger partial charge < -0.3 is 5.32 Å². The Labute approximate surface area is 93.7 Å². The summed E-state index contributed by atoms with van der Waals surface area (Å²) in [6, 6.07) is 11.4. The molecule has 0 fully saturated rings. The van der Waals surface area contributed by atoms with Gasteiger partial charge in [-0.05, 0) is 12.1 Å². The number of anilines is 1. The van der Waals surface area contributed by atoms with E-state index in [9.17, 15) is 0 Å². The lowest BCUT2D eigenvalue weighted by molar-refractivity contribution is 1.28. The first-order valence-corrected chi connectivity index (χ1v) is 4.82. The van der Waals surface area contributed by atoms with Crippen molar-refractivity contribution in [2.45, 2.75) is 0 Å². The van der Waals surface area contributed by atoms with Crippen molar-refractivity contribution in [1.82, 2.24) is 4.98 Å². The lowest BCUT2D eigenvalue weighted by Crippen LogP contribution is -2.01. The summed E-state index contributed by atoms with van der Waals surface area (Å²) in [5, 5.41) is 12.9. The van der Waals surface area contributed by atoms with Gasteiger partial charge in [0.1, 0.15) is 5.82 Å². The second kappa shape index (κ2) is 4.33. The third-order valence-electron chi connectivity index (χ3n) is 2.21. The number of hydrogen-bond acceptors (Lipinski definition) is 3. The van der Waals surface area contributed by atoms with E-state index >= 15 is 0 Å². The van der Waals surface area contributed by atoms with Gasteiger partial charge in [0.2, 0.25) is 0 Å². The number of para-hydroxylation sites is 1. The Kier molecular flexibility index (Phi) is 2.71. The summed E-state index contributed by atoms with van der Waals surface area (Å²) in [4.78, 5) is 4.36. The molecule has 0 radical (unpaired) electrons. The van der Waals surface area contributed by atoms with Gasteiger partial charge in [0.15, 0.2) is 0 Å². The van der Waals surface area contributed by atoms with E-state index in [0.29, 0.717) is 17.9 Å². The van der Waals surface area contributed by atoms with E-state index in [1.54, 1.807) is 6.07 Å². The van der Waals surface area contributed by atoms with Crippen LogP contribution in [0.25, 0.3) is 10.9 Å². The highest BCUT2D eigenvalue weighted by molar-refractivity contribution is 5.86. The number of pyridine rings is 1.